The van der Waals surface area contributed by atoms with E-state index in [1.165, 1.54) is 24.6 Å². The van der Waals surface area contributed by atoms with Crippen molar-refractivity contribution in [1.82, 2.24) is 9.88 Å². The van der Waals surface area contributed by atoms with E-state index in [1.54, 1.807) is 4.90 Å². The van der Waals surface area contributed by atoms with Crippen molar-refractivity contribution in [3.63, 3.8) is 0 Å². The number of halogens is 1. The van der Waals surface area contributed by atoms with Gasteiger partial charge < -0.3 is 14.9 Å². The number of phenols is 1. The van der Waals surface area contributed by atoms with Crippen molar-refractivity contribution >= 4 is 17.9 Å². The summed E-state index contributed by atoms with van der Waals surface area (Å²) < 4.78 is 13.8. The van der Waals surface area contributed by atoms with Crippen LogP contribution in [0.5, 0.6) is 5.75 Å². The summed E-state index contributed by atoms with van der Waals surface area (Å²) in [5.74, 6) is -1.73. The van der Waals surface area contributed by atoms with Gasteiger partial charge in [-0.2, -0.15) is 0 Å². The number of hydrogen-bond acceptors (Lipinski definition) is 5. The van der Waals surface area contributed by atoms with Crippen LogP contribution in [0.1, 0.15) is 58.0 Å². The number of carbonyl (C=O) groups excluding carboxylic acids is 2. The van der Waals surface area contributed by atoms with E-state index in [0.717, 1.165) is 37.7 Å². The molecule has 6 nitrogen and oxygen atoms in total. The first-order valence-electron chi connectivity index (χ1n) is 10.0. The molecule has 2 fully saturated rings. The molecule has 3 heterocycles. The monoisotopic (exact) mass is 397 g/mol. The third-order valence-corrected chi connectivity index (χ3v) is 5.91. The Morgan fingerprint density at radius 2 is 1.86 bits per heavy atom. The van der Waals surface area contributed by atoms with E-state index >= 15 is 0 Å². The number of piperidine rings is 1. The van der Waals surface area contributed by atoms with Crippen molar-refractivity contribution in [1.29, 1.82) is 0 Å². The van der Waals surface area contributed by atoms with Crippen LogP contribution >= 0.6 is 0 Å². The quantitative estimate of drug-likeness (QED) is 0.801. The van der Waals surface area contributed by atoms with E-state index in [0.29, 0.717) is 19.4 Å². The third-order valence-electron chi connectivity index (χ3n) is 5.91. The molecule has 0 unspecified atom stereocenters. The number of hydrogen-bond donors (Lipinski definition) is 1. The SMILES string of the molecule is O=Cc1cc(C(=O)N2CCC(c3ccc(N4CCCC4)cn3)CC2)cc(F)c1O. The second-order valence-electron chi connectivity index (χ2n) is 7.72. The molecule has 2 saturated heterocycles. The standard InChI is InChI=1S/C22H24FN3O3/c23-19-12-16(11-17(14-27)21(19)28)22(29)26-9-5-15(6-10-26)20-4-3-18(13-24-20)25-7-1-2-8-25/h3-4,11-15,28H,1-2,5-10H2. The number of amides is 1. The maximum atomic E-state index is 13.8. The van der Waals surface area contributed by atoms with Crippen molar-refractivity contribution in [3.05, 3.63) is 53.1 Å². The van der Waals surface area contributed by atoms with Gasteiger partial charge in [0.1, 0.15) is 0 Å². The number of aromatic hydroxyl groups is 1. The van der Waals surface area contributed by atoms with Gasteiger partial charge in [0.15, 0.2) is 17.9 Å². The van der Waals surface area contributed by atoms with Gasteiger partial charge in [-0.1, -0.05) is 0 Å². The molecule has 1 amide bonds. The summed E-state index contributed by atoms with van der Waals surface area (Å²) in [6, 6.07) is 6.43. The van der Waals surface area contributed by atoms with Gasteiger partial charge in [-0.05, 0) is 49.9 Å². The highest BCUT2D eigenvalue weighted by Crippen LogP contribution is 2.30. The highest BCUT2D eigenvalue weighted by Gasteiger charge is 2.26. The third kappa shape index (κ3) is 3.95. The summed E-state index contributed by atoms with van der Waals surface area (Å²) in [7, 11) is 0. The molecule has 152 valence electrons. The maximum absolute atomic E-state index is 13.8. The van der Waals surface area contributed by atoms with Crippen LogP contribution < -0.4 is 4.90 Å². The summed E-state index contributed by atoms with van der Waals surface area (Å²) in [5.41, 5.74) is 2.07. The van der Waals surface area contributed by atoms with Crippen LogP contribution in [0.4, 0.5) is 10.1 Å². The van der Waals surface area contributed by atoms with Crippen molar-refractivity contribution in [2.24, 2.45) is 0 Å². The second kappa shape index (κ2) is 8.19. The number of aldehydes is 1. The first-order valence-corrected chi connectivity index (χ1v) is 10.0. The molecule has 0 bridgehead atoms. The van der Waals surface area contributed by atoms with Gasteiger partial charge in [0.25, 0.3) is 5.91 Å². The molecule has 29 heavy (non-hydrogen) atoms. The van der Waals surface area contributed by atoms with Crippen molar-refractivity contribution in [2.45, 2.75) is 31.6 Å². The lowest BCUT2D eigenvalue weighted by molar-refractivity contribution is 0.0711. The van der Waals surface area contributed by atoms with Crippen molar-refractivity contribution in [3.8, 4) is 5.75 Å². The fraction of sp³-hybridized carbons (Fsp3) is 0.409. The zero-order valence-electron chi connectivity index (χ0n) is 16.2. The molecule has 7 heteroatoms. The molecule has 4 rings (SSSR count). The van der Waals surface area contributed by atoms with E-state index in [-0.39, 0.29) is 23.0 Å². The first-order chi connectivity index (χ1) is 14.1. The Labute approximate surface area is 169 Å². The molecule has 0 saturated carbocycles. The zero-order chi connectivity index (χ0) is 20.4. The van der Waals surface area contributed by atoms with Crippen molar-refractivity contribution in [2.75, 3.05) is 31.1 Å². The van der Waals surface area contributed by atoms with Crippen LogP contribution in [-0.4, -0.2) is 53.4 Å². The number of nitrogens with zero attached hydrogens (tertiary/aromatic N) is 3. The predicted molar refractivity (Wildman–Crippen MR) is 107 cm³/mol. The normalized spacial score (nSPS) is 17.6. The number of likely N-dealkylation sites (tertiary alicyclic amines) is 1. The Morgan fingerprint density at radius 3 is 2.48 bits per heavy atom. The number of benzene rings is 1. The number of carbonyl (C=O) groups is 2. The smallest absolute Gasteiger partial charge is 0.253 e. The zero-order valence-corrected chi connectivity index (χ0v) is 16.2. The molecule has 0 atom stereocenters. The molecule has 1 aromatic carbocycles. The van der Waals surface area contributed by atoms with Gasteiger partial charge in [0.05, 0.1) is 17.4 Å². The average molecular weight is 397 g/mol. The van der Waals surface area contributed by atoms with Gasteiger partial charge in [0, 0.05) is 43.4 Å². The Bertz CT molecular complexity index is 902. The van der Waals surface area contributed by atoms with E-state index in [9.17, 15) is 19.1 Å². The van der Waals surface area contributed by atoms with Gasteiger partial charge in [0.2, 0.25) is 0 Å². The maximum Gasteiger partial charge on any atom is 0.253 e. The van der Waals surface area contributed by atoms with E-state index in [2.05, 4.69) is 22.0 Å². The summed E-state index contributed by atoms with van der Waals surface area (Å²) >= 11 is 0. The number of aromatic nitrogens is 1. The minimum absolute atomic E-state index is 0.0777. The first kappa shape index (κ1) is 19.4. The fourth-order valence-corrected chi connectivity index (χ4v) is 4.20. The van der Waals surface area contributed by atoms with Gasteiger partial charge >= 0.3 is 0 Å². The van der Waals surface area contributed by atoms with Gasteiger partial charge in [-0.3, -0.25) is 14.6 Å². The topological polar surface area (TPSA) is 73.7 Å². The highest BCUT2D eigenvalue weighted by atomic mass is 19.1. The molecule has 0 aliphatic carbocycles. The number of anilines is 1. The molecule has 1 N–H and O–H groups in total. The minimum atomic E-state index is -0.963. The summed E-state index contributed by atoms with van der Waals surface area (Å²) in [4.78, 5) is 32.4. The fourth-order valence-electron chi connectivity index (χ4n) is 4.20. The van der Waals surface area contributed by atoms with E-state index < -0.39 is 11.6 Å². The molecule has 1 aromatic heterocycles. The lowest BCUT2D eigenvalue weighted by Crippen LogP contribution is -2.38. The van der Waals surface area contributed by atoms with Crippen LogP contribution in [0, 0.1) is 5.82 Å². The molecule has 2 aromatic rings. The van der Waals surface area contributed by atoms with Gasteiger partial charge in [-0.15, -0.1) is 0 Å². The largest absolute Gasteiger partial charge is 0.504 e. The summed E-state index contributed by atoms with van der Waals surface area (Å²) in [5, 5.41) is 9.52. The molecular weight excluding hydrogens is 373 g/mol. The van der Waals surface area contributed by atoms with Crippen molar-refractivity contribution < 1.29 is 19.1 Å². The minimum Gasteiger partial charge on any atom is -0.504 e. The highest BCUT2D eigenvalue weighted by molar-refractivity contribution is 5.96. The second-order valence-corrected chi connectivity index (χ2v) is 7.72. The molecule has 0 spiro atoms. The van der Waals surface area contributed by atoms with Crippen LogP contribution in [-0.2, 0) is 0 Å². The van der Waals surface area contributed by atoms with Crippen LogP contribution in [0.25, 0.3) is 0 Å². The average Bonchev–Trinajstić information content (AvgIpc) is 3.30. The number of pyridine rings is 1. The predicted octanol–water partition coefficient (Wildman–Crippen LogP) is 3.36. The molecule has 2 aliphatic heterocycles. The summed E-state index contributed by atoms with van der Waals surface area (Å²) in [6.07, 6.45) is 6.31. The molecule has 2 aliphatic rings. The summed E-state index contributed by atoms with van der Waals surface area (Å²) in [6.45, 7) is 3.26. The van der Waals surface area contributed by atoms with Crippen LogP contribution in [0.15, 0.2) is 30.5 Å². The molecular formula is C22H24FN3O3. The van der Waals surface area contributed by atoms with Crippen LogP contribution in [0.3, 0.4) is 0 Å². The number of phenolic OH excluding ortho intramolecular Hbond substituents is 1. The lowest BCUT2D eigenvalue weighted by atomic mass is 9.92. The Balaban J connectivity index is 1.39. The number of rotatable bonds is 4. The van der Waals surface area contributed by atoms with E-state index in [1.807, 2.05) is 6.20 Å². The Hall–Kier alpha value is -2.96. The Morgan fingerprint density at radius 1 is 1.14 bits per heavy atom. The van der Waals surface area contributed by atoms with Gasteiger partial charge in [-0.25, -0.2) is 4.39 Å². The lowest BCUT2D eigenvalue weighted by Gasteiger charge is -2.32. The van der Waals surface area contributed by atoms with Crippen LogP contribution in [0.2, 0.25) is 0 Å². The molecule has 0 radical (unpaired) electrons. The van der Waals surface area contributed by atoms with E-state index in [4.69, 9.17) is 0 Å². The Kier molecular flexibility index (Phi) is 5.47.